The number of ketones is 1. The van der Waals surface area contributed by atoms with Gasteiger partial charge in [0.2, 0.25) is 0 Å². The van der Waals surface area contributed by atoms with Crippen molar-refractivity contribution in [2.75, 3.05) is 7.11 Å². The lowest BCUT2D eigenvalue weighted by Crippen LogP contribution is -2.25. The molecule has 6 nitrogen and oxygen atoms in total. The first-order valence-electron chi connectivity index (χ1n) is 8.58. The van der Waals surface area contributed by atoms with Crippen LogP contribution in [0, 0.1) is 11.8 Å². The summed E-state index contributed by atoms with van der Waals surface area (Å²) < 4.78 is 16.2. The van der Waals surface area contributed by atoms with Crippen LogP contribution in [0.5, 0.6) is 5.75 Å². The molecule has 6 heteroatoms. The molecule has 0 aliphatic carbocycles. The summed E-state index contributed by atoms with van der Waals surface area (Å²) in [4.78, 5) is 36.8. The van der Waals surface area contributed by atoms with Gasteiger partial charge in [-0.25, -0.2) is 4.79 Å². The van der Waals surface area contributed by atoms with Crippen molar-refractivity contribution < 1.29 is 23.5 Å². The Morgan fingerprint density at radius 2 is 1.73 bits per heavy atom. The molecule has 0 saturated carbocycles. The SMILES string of the molecule is COc1ccc2ccc(=O)oc2c1[C@@H](OC(=O)CC(C)C)C(=O)C(C)C. The minimum Gasteiger partial charge on any atom is -0.496 e. The van der Waals surface area contributed by atoms with Crippen LogP contribution in [0.2, 0.25) is 0 Å². The molecule has 140 valence electrons. The zero-order valence-electron chi connectivity index (χ0n) is 15.7. The molecule has 26 heavy (non-hydrogen) atoms. The molecule has 0 fully saturated rings. The first kappa shape index (κ1) is 19.7. The third-order valence-electron chi connectivity index (χ3n) is 3.92. The molecule has 1 heterocycles. The first-order chi connectivity index (χ1) is 12.2. The number of methoxy groups -OCH3 is 1. The Morgan fingerprint density at radius 1 is 1.08 bits per heavy atom. The zero-order chi connectivity index (χ0) is 19.4. The van der Waals surface area contributed by atoms with E-state index in [9.17, 15) is 14.4 Å². The van der Waals surface area contributed by atoms with Gasteiger partial charge in [0.25, 0.3) is 0 Å². The molecular weight excluding hydrogens is 336 g/mol. The Hall–Kier alpha value is -2.63. The van der Waals surface area contributed by atoms with Crippen molar-refractivity contribution in [1.82, 2.24) is 0 Å². The molecule has 0 spiro atoms. The average molecular weight is 360 g/mol. The first-order valence-corrected chi connectivity index (χ1v) is 8.58. The number of fused-ring (bicyclic) bond motifs is 1. The van der Waals surface area contributed by atoms with E-state index in [1.807, 2.05) is 13.8 Å². The lowest BCUT2D eigenvalue weighted by atomic mass is 9.95. The van der Waals surface area contributed by atoms with E-state index in [1.54, 1.807) is 32.0 Å². The lowest BCUT2D eigenvalue weighted by molar-refractivity contribution is -0.157. The Labute approximate surface area is 152 Å². The number of ether oxygens (including phenoxy) is 2. The summed E-state index contributed by atoms with van der Waals surface area (Å²) >= 11 is 0. The summed E-state index contributed by atoms with van der Waals surface area (Å²) in [6, 6.07) is 6.27. The molecule has 0 bridgehead atoms. The molecule has 0 amide bonds. The average Bonchev–Trinajstić information content (AvgIpc) is 2.57. The standard InChI is InChI=1S/C20H24O6/c1-11(2)10-16(22)26-20(18(23)12(3)4)17-14(24-5)8-6-13-7-9-15(21)25-19(13)17/h6-9,11-12,20H,10H2,1-5H3/t20-/m1/s1. The number of Topliss-reactive ketones (excluding diaryl/α,β-unsaturated/α-hetero) is 1. The maximum absolute atomic E-state index is 12.8. The normalized spacial score (nSPS) is 12.4. The molecule has 0 unspecified atom stereocenters. The highest BCUT2D eigenvalue weighted by atomic mass is 16.5. The van der Waals surface area contributed by atoms with Crippen LogP contribution < -0.4 is 10.4 Å². The number of hydrogen-bond acceptors (Lipinski definition) is 6. The van der Waals surface area contributed by atoms with Crippen LogP contribution in [0.1, 0.15) is 45.8 Å². The van der Waals surface area contributed by atoms with E-state index in [2.05, 4.69) is 0 Å². The molecule has 2 aromatic rings. The Kier molecular flexibility index (Phi) is 6.18. The van der Waals surface area contributed by atoms with E-state index < -0.39 is 17.7 Å². The molecule has 1 aromatic heterocycles. The van der Waals surface area contributed by atoms with Gasteiger partial charge in [0.15, 0.2) is 11.9 Å². The third kappa shape index (κ3) is 4.31. The van der Waals surface area contributed by atoms with E-state index in [0.29, 0.717) is 11.1 Å². The van der Waals surface area contributed by atoms with Gasteiger partial charge in [-0.3, -0.25) is 9.59 Å². The maximum atomic E-state index is 12.8. The summed E-state index contributed by atoms with van der Waals surface area (Å²) in [5, 5.41) is 0.613. The molecule has 1 atom stereocenters. The van der Waals surface area contributed by atoms with Gasteiger partial charge >= 0.3 is 11.6 Å². The van der Waals surface area contributed by atoms with E-state index in [-0.39, 0.29) is 35.2 Å². The quantitative estimate of drug-likeness (QED) is 0.553. The van der Waals surface area contributed by atoms with Crippen molar-refractivity contribution in [3.8, 4) is 5.75 Å². The number of rotatable bonds is 7. The second kappa shape index (κ2) is 8.17. The van der Waals surface area contributed by atoms with E-state index in [0.717, 1.165) is 0 Å². The number of carbonyl (C=O) groups excluding carboxylic acids is 2. The van der Waals surface area contributed by atoms with Gasteiger partial charge in [-0.2, -0.15) is 0 Å². The fraction of sp³-hybridized carbons (Fsp3) is 0.450. The van der Waals surface area contributed by atoms with Crippen LogP contribution in [-0.4, -0.2) is 18.9 Å². The van der Waals surface area contributed by atoms with Crippen LogP contribution in [0.4, 0.5) is 0 Å². The van der Waals surface area contributed by atoms with Gasteiger partial charge in [-0.05, 0) is 24.1 Å². The minimum atomic E-state index is -1.20. The summed E-state index contributed by atoms with van der Waals surface area (Å²) in [5.74, 6) is -0.758. The van der Waals surface area contributed by atoms with Gasteiger partial charge in [0.1, 0.15) is 11.3 Å². The number of esters is 1. The molecule has 0 radical (unpaired) electrons. The third-order valence-corrected chi connectivity index (χ3v) is 3.92. The minimum absolute atomic E-state index is 0.0876. The highest BCUT2D eigenvalue weighted by Crippen LogP contribution is 2.36. The number of hydrogen-bond donors (Lipinski definition) is 0. The Bertz CT molecular complexity index is 862. The maximum Gasteiger partial charge on any atom is 0.336 e. The van der Waals surface area contributed by atoms with Crippen molar-refractivity contribution in [3.05, 3.63) is 40.2 Å². The van der Waals surface area contributed by atoms with Gasteiger partial charge < -0.3 is 13.9 Å². The lowest BCUT2D eigenvalue weighted by Gasteiger charge is -2.22. The van der Waals surface area contributed by atoms with Gasteiger partial charge in [-0.15, -0.1) is 0 Å². The summed E-state index contributed by atoms with van der Waals surface area (Å²) in [6.45, 7) is 7.22. The fourth-order valence-corrected chi connectivity index (χ4v) is 2.64. The number of carbonyl (C=O) groups is 2. The summed E-state index contributed by atoms with van der Waals surface area (Å²) in [7, 11) is 1.44. The van der Waals surface area contributed by atoms with Crippen molar-refractivity contribution in [2.45, 2.75) is 40.2 Å². The topological polar surface area (TPSA) is 82.8 Å². The van der Waals surface area contributed by atoms with Crippen LogP contribution in [0.15, 0.2) is 33.5 Å². The highest BCUT2D eigenvalue weighted by Gasteiger charge is 2.32. The van der Waals surface area contributed by atoms with E-state index in [4.69, 9.17) is 13.9 Å². The monoisotopic (exact) mass is 360 g/mol. The van der Waals surface area contributed by atoms with Gasteiger partial charge in [-0.1, -0.05) is 27.7 Å². The van der Waals surface area contributed by atoms with Crippen LogP contribution in [-0.2, 0) is 14.3 Å². The van der Waals surface area contributed by atoms with Crippen LogP contribution in [0.3, 0.4) is 0 Å². The van der Waals surface area contributed by atoms with Crippen molar-refractivity contribution in [2.24, 2.45) is 11.8 Å². The van der Waals surface area contributed by atoms with Gasteiger partial charge in [0, 0.05) is 23.8 Å². The smallest absolute Gasteiger partial charge is 0.336 e. The molecule has 0 saturated heterocycles. The van der Waals surface area contributed by atoms with Crippen LogP contribution in [0.25, 0.3) is 11.0 Å². The molecule has 2 rings (SSSR count). The summed E-state index contributed by atoms with van der Waals surface area (Å²) in [5.41, 5.74) is -0.108. The highest BCUT2D eigenvalue weighted by molar-refractivity contribution is 5.94. The fourth-order valence-electron chi connectivity index (χ4n) is 2.64. The Morgan fingerprint density at radius 3 is 2.31 bits per heavy atom. The van der Waals surface area contributed by atoms with E-state index in [1.165, 1.54) is 13.2 Å². The zero-order valence-corrected chi connectivity index (χ0v) is 15.7. The number of benzene rings is 1. The second-order valence-corrected chi connectivity index (χ2v) is 6.88. The molecule has 0 aliphatic heterocycles. The van der Waals surface area contributed by atoms with Crippen molar-refractivity contribution in [3.63, 3.8) is 0 Å². The molecular formula is C20H24O6. The molecule has 0 N–H and O–H groups in total. The van der Waals surface area contributed by atoms with Crippen molar-refractivity contribution in [1.29, 1.82) is 0 Å². The summed E-state index contributed by atoms with van der Waals surface area (Å²) in [6.07, 6.45) is -1.02. The second-order valence-electron chi connectivity index (χ2n) is 6.88. The predicted octanol–water partition coefficient (Wildman–Crippen LogP) is 3.66. The predicted molar refractivity (Wildman–Crippen MR) is 97.2 cm³/mol. The molecule has 0 aliphatic rings. The largest absolute Gasteiger partial charge is 0.496 e. The van der Waals surface area contributed by atoms with E-state index >= 15 is 0 Å². The Balaban J connectivity index is 2.66. The van der Waals surface area contributed by atoms with Gasteiger partial charge in [0.05, 0.1) is 12.7 Å². The molecule has 1 aromatic carbocycles. The van der Waals surface area contributed by atoms with Crippen LogP contribution >= 0.6 is 0 Å². The van der Waals surface area contributed by atoms with Crippen molar-refractivity contribution >= 4 is 22.7 Å².